The summed E-state index contributed by atoms with van der Waals surface area (Å²) in [4.78, 5) is 6.79. The Balaban J connectivity index is 0.00000205. The molecule has 1 fully saturated rings. The van der Waals surface area contributed by atoms with Crippen molar-refractivity contribution >= 4 is 12.4 Å². The van der Waals surface area contributed by atoms with Crippen LogP contribution in [0.5, 0.6) is 11.5 Å². The van der Waals surface area contributed by atoms with Crippen molar-refractivity contribution in [2.75, 3.05) is 39.9 Å². The van der Waals surface area contributed by atoms with Crippen LogP contribution in [0.25, 0.3) is 17.3 Å². The zero-order chi connectivity index (χ0) is 19.1. The second-order valence-electron chi connectivity index (χ2n) is 6.92. The predicted octanol–water partition coefficient (Wildman–Crippen LogP) is 1.39. The number of rotatable bonds is 3. The number of likely N-dealkylation sites (N-methyl/N-ethyl adjacent to an activating group) is 1. The molecule has 1 atom stereocenters. The van der Waals surface area contributed by atoms with Crippen molar-refractivity contribution in [3.8, 4) is 28.8 Å². The number of aromatic nitrogens is 5. The summed E-state index contributed by atoms with van der Waals surface area (Å²) in [6, 6.07) is 5.77. The molecule has 2 aliphatic heterocycles. The standard InChI is InChI=1S/C18H21N7O3.ClH/c1-11-16(18-20-17(22-28-18)13-10-19-5-6-24(13)2)21-23-25(11)12-3-4-14-15(9-12)27-8-7-26-14;/h3-4,9,13,19H,5-8,10H2,1-2H3;1H. The number of halogens is 1. The quantitative estimate of drug-likeness (QED) is 0.674. The third-order valence-electron chi connectivity index (χ3n) is 5.12. The van der Waals surface area contributed by atoms with E-state index in [2.05, 4.69) is 37.7 Å². The van der Waals surface area contributed by atoms with Crippen LogP contribution in [0.15, 0.2) is 22.7 Å². The van der Waals surface area contributed by atoms with E-state index in [0.717, 1.165) is 36.8 Å². The molecule has 0 spiro atoms. The Morgan fingerprint density at radius 3 is 2.83 bits per heavy atom. The smallest absolute Gasteiger partial charge is 0.280 e. The van der Waals surface area contributed by atoms with E-state index in [4.69, 9.17) is 14.0 Å². The van der Waals surface area contributed by atoms with E-state index in [1.54, 1.807) is 4.68 Å². The molecule has 3 aromatic rings. The fraction of sp³-hybridized carbons (Fsp3) is 0.444. The van der Waals surface area contributed by atoms with Crippen molar-refractivity contribution in [3.05, 3.63) is 29.7 Å². The van der Waals surface area contributed by atoms with E-state index in [-0.39, 0.29) is 18.4 Å². The molecule has 1 saturated heterocycles. The molecule has 29 heavy (non-hydrogen) atoms. The first-order chi connectivity index (χ1) is 13.7. The lowest BCUT2D eigenvalue weighted by Gasteiger charge is -2.30. The normalized spacial score (nSPS) is 19.0. The van der Waals surface area contributed by atoms with Crippen LogP contribution in [-0.4, -0.2) is 69.9 Å². The summed E-state index contributed by atoms with van der Waals surface area (Å²) in [7, 11) is 2.06. The Morgan fingerprint density at radius 1 is 1.17 bits per heavy atom. The average molecular weight is 420 g/mol. The van der Waals surface area contributed by atoms with Gasteiger partial charge in [0.25, 0.3) is 5.89 Å². The molecule has 0 radical (unpaired) electrons. The van der Waals surface area contributed by atoms with Crippen LogP contribution in [-0.2, 0) is 0 Å². The van der Waals surface area contributed by atoms with E-state index in [1.165, 1.54) is 0 Å². The van der Waals surface area contributed by atoms with Gasteiger partial charge < -0.3 is 19.3 Å². The second-order valence-corrected chi connectivity index (χ2v) is 6.92. The van der Waals surface area contributed by atoms with Crippen molar-refractivity contribution < 1.29 is 14.0 Å². The molecule has 10 nitrogen and oxygen atoms in total. The van der Waals surface area contributed by atoms with E-state index < -0.39 is 0 Å². The Kier molecular flexibility index (Phi) is 5.39. The highest BCUT2D eigenvalue weighted by Crippen LogP contribution is 2.33. The third-order valence-corrected chi connectivity index (χ3v) is 5.12. The zero-order valence-corrected chi connectivity index (χ0v) is 17.0. The summed E-state index contributed by atoms with van der Waals surface area (Å²) in [5, 5.41) is 16.1. The number of ether oxygens (including phenoxy) is 2. The molecule has 1 aromatic carbocycles. The monoisotopic (exact) mass is 419 g/mol. The highest BCUT2D eigenvalue weighted by atomic mass is 35.5. The van der Waals surface area contributed by atoms with Gasteiger partial charge in [0.1, 0.15) is 13.2 Å². The van der Waals surface area contributed by atoms with Crippen LogP contribution < -0.4 is 14.8 Å². The van der Waals surface area contributed by atoms with Crippen LogP contribution in [0.3, 0.4) is 0 Å². The number of nitrogens with zero attached hydrogens (tertiary/aromatic N) is 6. The zero-order valence-electron chi connectivity index (χ0n) is 16.2. The van der Waals surface area contributed by atoms with Crippen LogP contribution in [0.4, 0.5) is 0 Å². The van der Waals surface area contributed by atoms with Gasteiger partial charge in [-0.05, 0) is 26.1 Å². The first-order valence-electron chi connectivity index (χ1n) is 9.28. The molecule has 2 aromatic heterocycles. The largest absolute Gasteiger partial charge is 0.486 e. The van der Waals surface area contributed by atoms with Crippen LogP contribution in [0, 0.1) is 6.92 Å². The molecule has 4 heterocycles. The SMILES string of the molecule is Cc1c(-c2nc(C3CNCCN3C)no2)nnn1-c1ccc2c(c1)OCCO2.Cl. The summed E-state index contributed by atoms with van der Waals surface area (Å²) < 4.78 is 18.5. The fourth-order valence-electron chi connectivity index (χ4n) is 3.50. The summed E-state index contributed by atoms with van der Waals surface area (Å²) in [6.07, 6.45) is 0. The summed E-state index contributed by atoms with van der Waals surface area (Å²) in [6.45, 7) is 5.70. The minimum atomic E-state index is 0. The van der Waals surface area contributed by atoms with Gasteiger partial charge in [-0.2, -0.15) is 4.98 Å². The van der Waals surface area contributed by atoms with Gasteiger partial charge in [-0.1, -0.05) is 10.4 Å². The van der Waals surface area contributed by atoms with E-state index >= 15 is 0 Å². The maximum absolute atomic E-state index is 5.66. The number of nitrogens with one attached hydrogen (secondary N) is 1. The summed E-state index contributed by atoms with van der Waals surface area (Å²) in [5.41, 5.74) is 2.21. The third kappa shape index (κ3) is 3.54. The van der Waals surface area contributed by atoms with Crippen molar-refractivity contribution in [2.45, 2.75) is 13.0 Å². The lowest BCUT2D eigenvalue weighted by atomic mass is 10.2. The van der Waals surface area contributed by atoms with Gasteiger partial charge in [0.15, 0.2) is 23.0 Å². The Morgan fingerprint density at radius 2 is 2.00 bits per heavy atom. The van der Waals surface area contributed by atoms with E-state index in [1.807, 2.05) is 25.1 Å². The molecule has 2 aliphatic rings. The lowest BCUT2D eigenvalue weighted by Crippen LogP contribution is -2.44. The highest BCUT2D eigenvalue weighted by Gasteiger charge is 2.27. The number of hydrogen-bond donors (Lipinski definition) is 1. The summed E-state index contributed by atoms with van der Waals surface area (Å²) in [5.74, 6) is 2.46. The maximum atomic E-state index is 5.66. The molecule has 11 heteroatoms. The van der Waals surface area contributed by atoms with Crippen LogP contribution in [0.2, 0.25) is 0 Å². The molecule has 1 N–H and O–H groups in total. The predicted molar refractivity (Wildman–Crippen MR) is 106 cm³/mol. The van der Waals surface area contributed by atoms with Gasteiger partial charge in [0.2, 0.25) is 0 Å². The highest BCUT2D eigenvalue weighted by molar-refractivity contribution is 5.85. The number of fused-ring (bicyclic) bond motifs is 1. The first-order valence-corrected chi connectivity index (χ1v) is 9.28. The molecule has 5 rings (SSSR count). The topological polar surface area (TPSA) is 103 Å². The van der Waals surface area contributed by atoms with Crippen molar-refractivity contribution in [2.24, 2.45) is 0 Å². The molecular weight excluding hydrogens is 398 g/mol. The molecular formula is C18H22ClN7O3. The van der Waals surface area contributed by atoms with E-state index in [9.17, 15) is 0 Å². The summed E-state index contributed by atoms with van der Waals surface area (Å²) >= 11 is 0. The average Bonchev–Trinajstić information content (AvgIpc) is 3.35. The Labute approximate surface area is 173 Å². The van der Waals surface area contributed by atoms with Gasteiger partial charge in [-0.25, -0.2) is 4.68 Å². The van der Waals surface area contributed by atoms with Gasteiger partial charge >= 0.3 is 0 Å². The fourth-order valence-corrected chi connectivity index (χ4v) is 3.50. The van der Waals surface area contributed by atoms with Gasteiger partial charge in [0.05, 0.1) is 17.4 Å². The molecule has 0 bridgehead atoms. The number of hydrogen-bond acceptors (Lipinski definition) is 9. The number of piperazine rings is 1. The van der Waals surface area contributed by atoms with Crippen LogP contribution >= 0.6 is 12.4 Å². The second kappa shape index (κ2) is 7.97. The lowest BCUT2D eigenvalue weighted by molar-refractivity contribution is 0.171. The molecule has 0 saturated carbocycles. The Bertz CT molecular complexity index is 1010. The van der Waals surface area contributed by atoms with Crippen molar-refractivity contribution in [1.29, 1.82) is 0 Å². The molecule has 154 valence electrons. The van der Waals surface area contributed by atoms with Gasteiger partial charge in [-0.15, -0.1) is 17.5 Å². The minimum Gasteiger partial charge on any atom is -0.486 e. The van der Waals surface area contributed by atoms with Gasteiger partial charge in [-0.3, -0.25) is 4.90 Å². The Hall–Kier alpha value is -2.69. The number of benzene rings is 1. The molecule has 0 aliphatic carbocycles. The minimum absolute atomic E-state index is 0. The van der Waals surface area contributed by atoms with E-state index in [0.29, 0.717) is 36.4 Å². The van der Waals surface area contributed by atoms with Crippen molar-refractivity contribution in [1.82, 2.24) is 35.4 Å². The first kappa shape index (κ1) is 19.6. The van der Waals surface area contributed by atoms with Gasteiger partial charge in [0, 0.05) is 25.7 Å². The molecule has 0 amide bonds. The van der Waals surface area contributed by atoms with Crippen molar-refractivity contribution in [3.63, 3.8) is 0 Å². The van der Waals surface area contributed by atoms with Crippen LogP contribution in [0.1, 0.15) is 17.6 Å². The maximum Gasteiger partial charge on any atom is 0.280 e. The molecule has 1 unspecified atom stereocenters.